The van der Waals surface area contributed by atoms with Gasteiger partial charge in [-0.25, -0.2) is 4.90 Å². The van der Waals surface area contributed by atoms with Crippen LogP contribution in [0.1, 0.15) is 39.7 Å². The zero-order valence-corrected chi connectivity index (χ0v) is 19.8. The van der Waals surface area contributed by atoms with Crippen molar-refractivity contribution in [1.29, 1.82) is 0 Å². The Morgan fingerprint density at radius 1 is 1.00 bits per heavy atom. The van der Waals surface area contributed by atoms with E-state index in [4.69, 9.17) is 0 Å². The Labute approximate surface area is 191 Å². The van der Waals surface area contributed by atoms with E-state index in [0.717, 1.165) is 10.0 Å². The fraction of sp³-hybridized carbons (Fsp3) is 0.400. The van der Waals surface area contributed by atoms with Crippen LogP contribution < -0.4 is 4.90 Å². The molecule has 2 aromatic rings. The van der Waals surface area contributed by atoms with Gasteiger partial charge in [0.25, 0.3) is 5.91 Å². The molecule has 1 saturated carbocycles. The first-order valence-corrected chi connectivity index (χ1v) is 11.3. The first kappa shape index (κ1) is 21.8. The summed E-state index contributed by atoms with van der Waals surface area (Å²) in [6, 6.07) is 15.9. The van der Waals surface area contributed by atoms with Crippen LogP contribution >= 0.6 is 15.9 Å². The lowest BCUT2D eigenvalue weighted by Gasteiger charge is -2.29. The van der Waals surface area contributed by atoms with Crippen molar-refractivity contribution in [3.8, 4) is 0 Å². The van der Waals surface area contributed by atoms with Gasteiger partial charge in [-0.15, -0.1) is 0 Å². The average Bonchev–Trinajstić information content (AvgIpc) is 2.96. The van der Waals surface area contributed by atoms with Crippen molar-refractivity contribution in [3.63, 3.8) is 0 Å². The number of halogens is 1. The SMILES string of the molecule is CC1(C)C(C(=O)N(Cc2ccccc2)C2CC(=O)N(c3ccc(Br)cc3)C2=O)C1(C)C. The molecule has 3 amide bonds. The first-order chi connectivity index (χ1) is 14.6. The van der Waals surface area contributed by atoms with Crippen molar-refractivity contribution in [2.75, 3.05) is 4.90 Å². The molecule has 0 aromatic heterocycles. The zero-order chi connectivity index (χ0) is 22.6. The third kappa shape index (κ3) is 3.61. The van der Waals surface area contributed by atoms with Gasteiger partial charge < -0.3 is 4.90 Å². The Bertz CT molecular complexity index is 1020. The molecular weight excluding hydrogens is 456 g/mol. The Hall–Kier alpha value is -2.47. The topological polar surface area (TPSA) is 57.7 Å². The molecule has 5 nitrogen and oxygen atoms in total. The minimum atomic E-state index is -0.795. The monoisotopic (exact) mass is 482 g/mol. The summed E-state index contributed by atoms with van der Waals surface area (Å²) in [5, 5.41) is 0. The number of hydrogen-bond donors (Lipinski definition) is 0. The highest BCUT2D eigenvalue weighted by atomic mass is 79.9. The van der Waals surface area contributed by atoms with E-state index in [0.29, 0.717) is 12.2 Å². The number of hydrogen-bond acceptors (Lipinski definition) is 3. The van der Waals surface area contributed by atoms with Crippen molar-refractivity contribution < 1.29 is 14.4 Å². The molecule has 0 spiro atoms. The molecule has 31 heavy (non-hydrogen) atoms. The number of nitrogens with zero attached hydrogens (tertiary/aromatic N) is 2. The van der Waals surface area contributed by atoms with Crippen molar-refractivity contribution >= 4 is 39.3 Å². The van der Waals surface area contributed by atoms with Gasteiger partial charge in [0, 0.05) is 16.9 Å². The quantitative estimate of drug-likeness (QED) is 0.575. The van der Waals surface area contributed by atoms with Gasteiger partial charge in [0.05, 0.1) is 12.1 Å². The summed E-state index contributed by atoms with van der Waals surface area (Å²) in [7, 11) is 0. The minimum Gasteiger partial charge on any atom is -0.325 e. The third-order valence-corrected chi connectivity index (χ3v) is 7.86. The fourth-order valence-corrected chi connectivity index (χ4v) is 5.09. The highest BCUT2D eigenvalue weighted by Crippen LogP contribution is 2.69. The molecule has 0 N–H and O–H groups in total. The van der Waals surface area contributed by atoms with Gasteiger partial charge in [0.2, 0.25) is 11.8 Å². The lowest BCUT2D eigenvalue weighted by Crippen LogP contribution is -2.46. The molecule has 0 bridgehead atoms. The largest absolute Gasteiger partial charge is 0.325 e. The summed E-state index contributed by atoms with van der Waals surface area (Å²) in [5.41, 5.74) is 1.15. The number of carbonyl (C=O) groups is 3. The van der Waals surface area contributed by atoms with Crippen LogP contribution in [0, 0.1) is 16.7 Å². The number of anilines is 1. The third-order valence-electron chi connectivity index (χ3n) is 7.33. The Kier molecular flexibility index (Phi) is 5.32. The Balaban J connectivity index is 1.67. The first-order valence-electron chi connectivity index (χ1n) is 10.5. The molecule has 1 saturated heterocycles. The molecule has 2 fully saturated rings. The molecule has 1 heterocycles. The molecule has 6 heteroatoms. The molecule has 2 aliphatic rings. The Morgan fingerprint density at radius 2 is 1.58 bits per heavy atom. The van der Waals surface area contributed by atoms with Gasteiger partial charge >= 0.3 is 0 Å². The standard InChI is InChI=1S/C25H27BrN2O3/c1-24(2)21(25(24,3)4)23(31)27(15-16-8-6-5-7-9-16)19-14-20(29)28(22(19)30)18-12-10-17(26)11-13-18/h5-13,19,21H,14-15H2,1-4H3. The zero-order valence-electron chi connectivity index (χ0n) is 18.3. The second-order valence-corrected chi connectivity index (χ2v) is 10.5. The number of rotatable bonds is 5. The van der Waals surface area contributed by atoms with Crippen LogP contribution in [0.4, 0.5) is 5.69 Å². The molecule has 1 aliphatic heterocycles. The van der Waals surface area contributed by atoms with E-state index in [1.807, 2.05) is 30.3 Å². The smallest absolute Gasteiger partial charge is 0.257 e. The number of imide groups is 1. The summed E-state index contributed by atoms with van der Waals surface area (Å²) >= 11 is 3.38. The van der Waals surface area contributed by atoms with E-state index in [-0.39, 0.29) is 40.9 Å². The van der Waals surface area contributed by atoms with Gasteiger partial charge in [-0.3, -0.25) is 14.4 Å². The van der Waals surface area contributed by atoms with E-state index in [2.05, 4.69) is 43.6 Å². The van der Waals surface area contributed by atoms with Crippen molar-refractivity contribution in [3.05, 3.63) is 64.6 Å². The summed E-state index contributed by atoms with van der Waals surface area (Å²) in [6.45, 7) is 8.66. The molecule has 1 aliphatic carbocycles. The minimum absolute atomic E-state index is 0.00104. The van der Waals surface area contributed by atoms with E-state index in [1.165, 1.54) is 4.90 Å². The van der Waals surface area contributed by atoms with Crippen LogP contribution in [0.3, 0.4) is 0 Å². The van der Waals surface area contributed by atoms with E-state index >= 15 is 0 Å². The van der Waals surface area contributed by atoms with Gasteiger partial charge in [0.15, 0.2) is 0 Å². The van der Waals surface area contributed by atoms with Crippen molar-refractivity contribution in [2.45, 2.75) is 46.7 Å². The summed E-state index contributed by atoms with van der Waals surface area (Å²) in [5.74, 6) is -0.860. The fourth-order valence-electron chi connectivity index (χ4n) is 4.82. The normalized spacial score (nSPS) is 22.0. The van der Waals surface area contributed by atoms with Crippen LogP contribution in [-0.2, 0) is 20.9 Å². The summed E-state index contributed by atoms with van der Waals surface area (Å²) < 4.78 is 0.867. The highest BCUT2D eigenvalue weighted by molar-refractivity contribution is 9.10. The van der Waals surface area contributed by atoms with Crippen LogP contribution in [0.5, 0.6) is 0 Å². The highest BCUT2D eigenvalue weighted by Gasteiger charge is 2.69. The summed E-state index contributed by atoms with van der Waals surface area (Å²) in [4.78, 5) is 42.8. The van der Waals surface area contributed by atoms with Crippen LogP contribution in [0.25, 0.3) is 0 Å². The second kappa shape index (κ2) is 7.59. The van der Waals surface area contributed by atoms with Crippen LogP contribution in [-0.4, -0.2) is 28.7 Å². The predicted molar refractivity (Wildman–Crippen MR) is 123 cm³/mol. The van der Waals surface area contributed by atoms with Gasteiger partial charge in [-0.2, -0.15) is 0 Å². The molecule has 162 valence electrons. The maximum absolute atomic E-state index is 13.7. The maximum atomic E-state index is 13.7. The number of benzene rings is 2. The van der Waals surface area contributed by atoms with Crippen molar-refractivity contribution in [2.24, 2.45) is 16.7 Å². The van der Waals surface area contributed by atoms with E-state index < -0.39 is 6.04 Å². The van der Waals surface area contributed by atoms with Gasteiger partial charge in [-0.1, -0.05) is 74.0 Å². The van der Waals surface area contributed by atoms with E-state index in [9.17, 15) is 14.4 Å². The molecular formula is C25H27BrN2O3. The lowest BCUT2D eigenvalue weighted by atomic mass is 10.0. The van der Waals surface area contributed by atoms with E-state index in [1.54, 1.807) is 29.2 Å². The summed E-state index contributed by atoms with van der Waals surface area (Å²) in [6.07, 6.45) is 0.00104. The lowest BCUT2D eigenvalue weighted by molar-refractivity contribution is -0.141. The predicted octanol–water partition coefficient (Wildman–Crippen LogP) is 4.79. The molecule has 1 unspecified atom stereocenters. The van der Waals surface area contributed by atoms with Crippen LogP contribution in [0.2, 0.25) is 0 Å². The van der Waals surface area contributed by atoms with Crippen LogP contribution in [0.15, 0.2) is 59.1 Å². The molecule has 4 rings (SSSR count). The molecule has 1 atom stereocenters. The molecule has 0 radical (unpaired) electrons. The second-order valence-electron chi connectivity index (χ2n) is 9.59. The maximum Gasteiger partial charge on any atom is 0.257 e. The van der Waals surface area contributed by atoms with Gasteiger partial charge in [0.1, 0.15) is 6.04 Å². The van der Waals surface area contributed by atoms with Crippen molar-refractivity contribution in [1.82, 2.24) is 4.90 Å². The molecule has 2 aromatic carbocycles. The Morgan fingerprint density at radius 3 is 2.13 bits per heavy atom. The number of amides is 3. The van der Waals surface area contributed by atoms with Gasteiger partial charge in [-0.05, 0) is 40.7 Å². The number of carbonyl (C=O) groups excluding carboxylic acids is 3. The average molecular weight is 483 g/mol.